The molecule has 5 heteroatoms. The van der Waals surface area contributed by atoms with E-state index in [1.54, 1.807) is 39.6 Å². The summed E-state index contributed by atoms with van der Waals surface area (Å²) in [5.74, 6) is 1.75. The summed E-state index contributed by atoms with van der Waals surface area (Å²) in [7, 11) is 3.19. The molecule has 2 aromatic heterocycles. The highest BCUT2D eigenvalue weighted by Crippen LogP contribution is 2.44. The number of aliphatic hydroxyl groups is 1. The highest BCUT2D eigenvalue weighted by Gasteiger charge is 2.20. The van der Waals surface area contributed by atoms with E-state index in [0.717, 1.165) is 16.2 Å². The summed E-state index contributed by atoms with van der Waals surface area (Å²) in [6.07, 6.45) is 2.72. The molecule has 5 nitrogen and oxygen atoms in total. The Morgan fingerprint density at radius 1 is 1.15 bits per heavy atom. The van der Waals surface area contributed by atoms with E-state index in [9.17, 15) is 5.11 Å². The Morgan fingerprint density at radius 3 is 2.55 bits per heavy atom. The van der Waals surface area contributed by atoms with Crippen LogP contribution >= 0.6 is 0 Å². The molecular formula is C15H15NO4. The zero-order chi connectivity index (χ0) is 14.3. The summed E-state index contributed by atoms with van der Waals surface area (Å²) >= 11 is 0. The van der Waals surface area contributed by atoms with Crippen LogP contribution in [0, 0.1) is 0 Å². The molecule has 2 heterocycles. The predicted octanol–water partition coefficient (Wildman–Crippen LogP) is 3.05. The molecule has 0 saturated carbocycles. The Kier molecular flexibility index (Phi) is 2.99. The summed E-state index contributed by atoms with van der Waals surface area (Å²) in [6.45, 7) is 1.65. The highest BCUT2D eigenvalue weighted by atomic mass is 16.5. The maximum atomic E-state index is 9.70. The van der Waals surface area contributed by atoms with Crippen molar-refractivity contribution in [1.82, 2.24) is 4.98 Å². The molecule has 1 atom stereocenters. The number of fused-ring (bicyclic) bond motifs is 2. The number of hydrogen-bond donors (Lipinski definition) is 1. The van der Waals surface area contributed by atoms with Gasteiger partial charge in [-0.15, -0.1) is 0 Å². The van der Waals surface area contributed by atoms with Crippen molar-refractivity contribution in [3.8, 4) is 11.5 Å². The van der Waals surface area contributed by atoms with Gasteiger partial charge in [-0.1, -0.05) is 0 Å². The Bertz CT molecular complexity index is 716. The standard InChI is InChI=1S/C15H15NO4/c1-8(17)12-6-10-13(18-2)11-7-16-5-4-9(11)14(19-3)15(10)20-12/h4-8,17H,1-3H3. The van der Waals surface area contributed by atoms with Gasteiger partial charge in [0.25, 0.3) is 0 Å². The van der Waals surface area contributed by atoms with Crippen LogP contribution < -0.4 is 9.47 Å². The van der Waals surface area contributed by atoms with Crippen LogP contribution in [-0.4, -0.2) is 24.3 Å². The first-order valence-corrected chi connectivity index (χ1v) is 6.26. The summed E-state index contributed by atoms with van der Waals surface area (Å²) in [4.78, 5) is 4.13. The highest BCUT2D eigenvalue weighted by molar-refractivity contribution is 6.09. The van der Waals surface area contributed by atoms with E-state index < -0.39 is 6.10 Å². The first-order valence-electron chi connectivity index (χ1n) is 6.26. The number of methoxy groups -OCH3 is 2. The van der Waals surface area contributed by atoms with Gasteiger partial charge in [-0.25, -0.2) is 0 Å². The van der Waals surface area contributed by atoms with E-state index in [2.05, 4.69) is 4.98 Å². The van der Waals surface area contributed by atoms with Crippen molar-refractivity contribution < 1.29 is 19.0 Å². The van der Waals surface area contributed by atoms with Gasteiger partial charge in [0.1, 0.15) is 17.6 Å². The zero-order valence-corrected chi connectivity index (χ0v) is 11.5. The van der Waals surface area contributed by atoms with Crippen LogP contribution in [0.5, 0.6) is 11.5 Å². The van der Waals surface area contributed by atoms with Gasteiger partial charge in [0.2, 0.25) is 0 Å². The third kappa shape index (κ3) is 1.71. The van der Waals surface area contributed by atoms with Gasteiger partial charge in [0.05, 0.1) is 19.6 Å². The molecule has 0 spiro atoms. The van der Waals surface area contributed by atoms with Gasteiger partial charge < -0.3 is 19.0 Å². The molecule has 0 bridgehead atoms. The Balaban J connectivity index is 2.51. The maximum Gasteiger partial charge on any atom is 0.180 e. The molecule has 1 N–H and O–H groups in total. The lowest BCUT2D eigenvalue weighted by molar-refractivity contribution is 0.172. The molecule has 1 unspecified atom stereocenters. The lowest BCUT2D eigenvalue weighted by Gasteiger charge is -2.10. The summed E-state index contributed by atoms with van der Waals surface area (Å²) < 4.78 is 16.7. The third-order valence-electron chi connectivity index (χ3n) is 3.33. The van der Waals surface area contributed by atoms with Crippen molar-refractivity contribution in [2.45, 2.75) is 13.0 Å². The van der Waals surface area contributed by atoms with Gasteiger partial charge in [0, 0.05) is 23.2 Å². The number of aliphatic hydroxyl groups excluding tert-OH is 1. The van der Waals surface area contributed by atoms with E-state index in [-0.39, 0.29) is 0 Å². The number of rotatable bonds is 3. The molecule has 0 fully saturated rings. The average Bonchev–Trinajstić information content (AvgIpc) is 2.89. The molecule has 1 aromatic carbocycles. The monoisotopic (exact) mass is 273 g/mol. The largest absolute Gasteiger partial charge is 0.495 e. The predicted molar refractivity (Wildman–Crippen MR) is 75.3 cm³/mol. The molecule has 104 valence electrons. The molecule has 0 aliphatic rings. The molecule has 20 heavy (non-hydrogen) atoms. The van der Waals surface area contributed by atoms with Crippen LogP contribution in [0.2, 0.25) is 0 Å². The molecular weight excluding hydrogens is 258 g/mol. The smallest absolute Gasteiger partial charge is 0.180 e. The Morgan fingerprint density at radius 2 is 1.90 bits per heavy atom. The van der Waals surface area contributed by atoms with E-state index in [1.807, 2.05) is 6.07 Å². The fourth-order valence-electron chi connectivity index (χ4n) is 2.42. The van der Waals surface area contributed by atoms with Crippen LogP contribution in [-0.2, 0) is 0 Å². The Labute approximate surface area is 115 Å². The quantitative estimate of drug-likeness (QED) is 0.794. The minimum Gasteiger partial charge on any atom is -0.495 e. The van der Waals surface area contributed by atoms with Crippen molar-refractivity contribution in [1.29, 1.82) is 0 Å². The van der Waals surface area contributed by atoms with Crippen LogP contribution in [0.15, 0.2) is 28.9 Å². The topological polar surface area (TPSA) is 64.7 Å². The molecule has 0 aliphatic heterocycles. The second-order valence-electron chi connectivity index (χ2n) is 4.56. The van der Waals surface area contributed by atoms with Gasteiger partial charge >= 0.3 is 0 Å². The van der Waals surface area contributed by atoms with Crippen molar-refractivity contribution in [3.63, 3.8) is 0 Å². The van der Waals surface area contributed by atoms with Crippen molar-refractivity contribution in [2.24, 2.45) is 0 Å². The first-order chi connectivity index (χ1) is 9.67. The Hall–Kier alpha value is -2.27. The normalized spacial score (nSPS) is 12.8. The number of ether oxygens (including phenoxy) is 2. The number of benzene rings is 1. The van der Waals surface area contributed by atoms with Crippen LogP contribution in [0.25, 0.3) is 21.7 Å². The van der Waals surface area contributed by atoms with Crippen LogP contribution in [0.1, 0.15) is 18.8 Å². The number of furan rings is 1. The van der Waals surface area contributed by atoms with Gasteiger partial charge in [-0.2, -0.15) is 0 Å². The lowest BCUT2D eigenvalue weighted by Crippen LogP contribution is -1.91. The molecule has 0 saturated heterocycles. The number of pyridine rings is 1. The number of nitrogens with zero attached hydrogens (tertiary/aromatic N) is 1. The van der Waals surface area contributed by atoms with E-state index in [0.29, 0.717) is 22.8 Å². The fraction of sp³-hybridized carbons (Fsp3) is 0.267. The van der Waals surface area contributed by atoms with Crippen molar-refractivity contribution in [2.75, 3.05) is 14.2 Å². The van der Waals surface area contributed by atoms with Crippen molar-refractivity contribution >= 4 is 21.7 Å². The third-order valence-corrected chi connectivity index (χ3v) is 3.33. The second-order valence-corrected chi connectivity index (χ2v) is 4.56. The first kappa shape index (κ1) is 12.7. The summed E-state index contributed by atoms with van der Waals surface area (Å²) in [5.41, 5.74) is 0.568. The molecule has 3 rings (SSSR count). The molecule has 0 radical (unpaired) electrons. The number of hydrogen-bond acceptors (Lipinski definition) is 5. The van der Waals surface area contributed by atoms with E-state index in [1.165, 1.54) is 0 Å². The minimum atomic E-state index is -0.696. The second kappa shape index (κ2) is 4.68. The van der Waals surface area contributed by atoms with Crippen molar-refractivity contribution in [3.05, 3.63) is 30.3 Å². The van der Waals surface area contributed by atoms with Gasteiger partial charge in [-0.05, 0) is 19.1 Å². The van der Waals surface area contributed by atoms with Gasteiger partial charge in [0.15, 0.2) is 11.3 Å². The van der Waals surface area contributed by atoms with Crippen LogP contribution in [0.3, 0.4) is 0 Å². The maximum absolute atomic E-state index is 9.70. The minimum absolute atomic E-state index is 0.472. The summed E-state index contributed by atoms with van der Waals surface area (Å²) in [6, 6.07) is 3.62. The molecule has 0 amide bonds. The number of aromatic nitrogens is 1. The SMILES string of the molecule is COc1c2cnccc2c(OC)c2oc(C(C)O)cc12. The fourth-order valence-corrected chi connectivity index (χ4v) is 2.42. The zero-order valence-electron chi connectivity index (χ0n) is 11.5. The average molecular weight is 273 g/mol. The van der Waals surface area contributed by atoms with E-state index in [4.69, 9.17) is 13.9 Å². The molecule has 0 aliphatic carbocycles. The molecule has 3 aromatic rings. The van der Waals surface area contributed by atoms with Crippen LogP contribution in [0.4, 0.5) is 0 Å². The lowest BCUT2D eigenvalue weighted by atomic mass is 10.1. The summed E-state index contributed by atoms with van der Waals surface area (Å²) in [5, 5.41) is 12.2. The van der Waals surface area contributed by atoms with Gasteiger partial charge in [-0.3, -0.25) is 4.98 Å². The van der Waals surface area contributed by atoms with E-state index >= 15 is 0 Å².